The molecule has 0 amide bonds. The summed E-state index contributed by atoms with van der Waals surface area (Å²) in [6.45, 7) is 1.39. The molecule has 0 aromatic heterocycles. The number of carbonyl (C=O) groups is 1. The summed E-state index contributed by atoms with van der Waals surface area (Å²) < 4.78 is 0. The van der Waals surface area contributed by atoms with Crippen LogP contribution in [0.2, 0.25) is 0 Å². The van der Waals surface area contributed by atoms with Gasteiger partial charge in [0.2, 0.25) is 0 Å². The number of rotatable bonds is 0. The van der Waals surface area contributed by atoms with E-state index in [9.17, 15) is 4.79 Å². The maximum atomic E-state index is 9.31. The van der Waals surface area contributed by atoms with Crippen molar-refractivity contribution in [1.29, 1.82) is 0 Å². The molecule has 0 aliphatic heterocycles. The Morgan fingerprint density at radius 1 is 1.55 bits per heavy atom. The highest BCUT2D eigenvalue weighted by Gasteiger charge is 1.63. The Bertz CT molecular complexity index is 161. The summed E-state index contributed by atoms with van der Waals surface area (Å²) >= 11 is 3.33. The molecule has 11 heavy (non-hydrogen) atoms. The Morgan fingerprint density at radius 3 is 1.64 bits per heavy atom. The van der Waals surface area contributed by atoms with Crippen molar-refractivity contribution in [3.05, 3.63) is 26.4 Å². The second-order valence-electron chi connectivity index (χ2n) is 0.813. The van der Waals surface area contributed by atoms with Crippen LogP contribution in [0.1, 0.15) is 6.92 Å². The van der Waals surface area contributed by atoms with E-state index in [-0.39, 0.29) is 5.12 Å². The van der Waals surface area contributed by atoms with Gasteiger partial charge in [-0.2, -0.15) is 4.91 Å². The highest BCUT2D eigenvalue weighted by atomic mass is 32.1. The predicted molar refractivity (Wildman–Crippen MR) is 43.1 cm³/mol. The summed E-state index contributed by atoms with van der Waals surface area (Å²) in [5.41, 5.74) is 20.7. The van der Waals surface area contributed by atoms with E-state index in [0.717, 1.165) is 0 Å². The summed E-state index contributed by atoms with van der Waals surface area (Å²) in [6.07, 6.45) is 0. The second kappa shape index (κ2) is 23.7. The van der Waals surface area contributed by atoms with Crippen LogP contribution in [0, 0.1) is 0 Å². The summed E-state index contributed by atoms with van der Waals surface area (Å²) in [4.78, 5) is 12.9. The number of nitrogens with two attached hydrogens (primary N) is 1. The molecule has 0 radical (unpaired) electrons. The Hall–Kier alpha value is -1.56. The molecule has 0 atom stereocenters. The molecule has 0 aliphatic rings. The number of carbonyl (C=O) groups excluding carboxylic acids is 1. The van der Waals surface area contributed by atoms with Gasteiger partial charge in [0.15, 0.2) is 5.12 Å². The van der Waals surface area contributed by atoms with Crippen LogP contribution >= 0.6 is 12.6 Å². The molecule has 8 nitrogen and oxygen atoms in total. The topological polar surface area (TPSA) is 151 Å². The van der Waals surface area contributed by atoms with Crippen molar-refractivity contribution in [2.24, 2.45) is 11.1 Å². The minimum atomic E-state index is -0.139. The third-order valence-electron chi connectivity index (χ3n) is 0.0516. The van der Waals surface area contributed by atoms with Crippen molar-refractivity contribution >= 4 is 17.7 Å². The van der Waals surface area contributed by atoms with Crippen LogP contribution < -0.4 is 5.84 Å². The Kier molecular flexibility index (Phi) is 34.9. The standard InChI is InChI=1S/C2H4OS.H2N4.N3/c1-2(3)4;1-3-4-2;1-3-2/h1H3,(H,3,4);1H2;/q;;-1. The van der Waals surface area contributed by atoms with Crippen molar-refractivity contribution in [3.63, 3.8) is 0 Å². The lowest BCUT2D eigenvalue weighted by molar-refractivity contribution is -0.108. The quantitative estimate of drug-likeness (QED) is 0.143. The van der Waals surface area contributed by atoms with Crippen molar-refractivity contribution in [2.75, 3.05) is 0 Å². The zero-order valence-electron chi connectivity index (χ0n) is 5.62. The van der Waals surface area contributed by atoms with E-state index in [0.29, 0.717) is 0 Å². The Balaban J connectivity index is -0.0000000886. The smallest absolute Gasteiger partial charge is 0.182 e. The second-order valence-corrected chi connectivity index (χ2v) is 1.44. The highest BCUT2D eigenvalue weighted by molar-refractivity contribution is 7.96. The minimum Gasteiger partial charge on any atom is -0.373 e. The predicted octanol–water partition coefficient (Wildman–Crippen LogP) is 1.50. The average molecular weight is 176 g/mol. The van der Waals surface area contributed by atoms with Crippen LogP contribution in [0.25, 0.3) is 26.4 Å². The normalized spacial score (nSPS) is 4.55. The third-order valence-corrected chi connectivity index (χ3v) is 0.0516. The van der Waals surface area contributed by atoms with E-state index < -0.39 is 0 Å². The fourth-order valence-electron chi connectivity index (χ4n) is 0. The molecule has 0 rings (SSSR count). The lowest BCUT2D eigenvalue weighted by Crippen LogP contribution is -1.66. The summed E-state index contributed by atoms with van der Waals surface area (Å²) in [7, 11) is 0. The van der Waals surface area contributed by atoms with Crippen molar-refractivity contribution < 1.29 is 4.79 Å². The van der Waals surface area contributed by atoms with Crippen molar-refractivity contribution in [2.45, 2.75) is 6.92 Å². The van der Waals surface area contributed by atoms with E-state index in [4.69, 9.17) is 16.6 Å². The van der Waals surface area contributed by atoms with Crippen LogP contribution in [0.15, 0.2) is 5.22 Å². The molecule has 0 spiro atoms. The first-order chi connectivity index (χ1) is 5.06. The average Bonchev–Trinajstić information content (AvgIpc) is 1.88. The van der Waals surface area contributed by atoms with E-state index in [2.05, 4.69) is 28.6 Å². The molecule has 0 saturated heterocycles. The van der Waals surface area contributed by atoms with Crippen LogP contribution in [0.5, 0.6) is 0 Å². The Morgan fingerprint density at radius 2 is 1.64 bits per heavy atom. The largest absolute Gasteiger partial charge is 0.373 e. The Labute approximate surface area is 67.8 Å². The first-order valence-electron chi connectivity index (χ1n) is 1.99. The fraction of sp³-hybridized carbons (Fsp3) is 0.500. The SMILES string of the molecule is CC(=O)S.[N-]=[N+]=NN.[N-]=[N+]=[N-]. The van der Waals surface area contributed by atoms with Gasteiger partial charge in [-0.1, -0.05) is 0 Å². The zero-order chi connectivity index (χ0) is 9.70. The van der Waals surface area contributed by atoms with Crippen LogP contribution in [-0.2, 0) is 4.79 Å². The van der Waals surface area contributed by atoms with Gasteiger partial charge in [-0.25, -0.2) is 0 Å². The molecular formula is C2H6N7OS-. The summed E-state index contributed by atoms with van der Waals surface area (Å²) in [5, 5.41) is 2.28. The van der Waals surface area contributed by atoms with Gasteiger partial charge in [-0.15, -0.1) is 18.2 Å². The fourth-order valence-corrected chi connectivity index (χ4v) is 0. The number of azide groups is 1. The number of hydrogen-bond donors (Lipinski definition) is 2. The van der Waals surface area contributed by atoms with Crippen molar-refractivity contribution in [1.82, 2.24) is 0 Å². The number of nitrogens with zero attached hydrogens (tertiary/aromatic N) is 6. The van der Waals surface area contributed by atoms with Crippen LogP contribution in [0.4, 0.5) is 0 Å². The van der Waals surface area contributed by atoms with Gasteiger partial charge in [-0.05, 0) is 5.22 Å². The molecule has 62 valence electrons. The molecule has 0 saturated carbocycles. The van der Waals surface area contributed by atoms with Gasteiger partial charge in [0.1, 0.15) is 0 Å². The molecule has 0 aliphatic carbocycles. The van der Waals surface area contributed by atoms with Crippen LogP contribution in [-0.4, -0.2) is 5.12 Å². The van der Waals surface area contributed by atoms with Crippen LogP contribution in [0.3, 0.4) is 0 Å². The van der Waals surface area contributed by atoms with E-state index in [1.165, 1.54) is 11.8 Å². The van der Waals surface area contributed by atoms with Gasteiger partial charge in [0.25, 0.3) is 0 Å². The highest BCUT2D eigenvalue weighted by Crippen LogP contribution is 1.66. The molecular weight excluding hydrogens is 170 g/mol. The maximum Gasteiger partial charge on any atom is 0.182 e. The third kappa shape index (κ3) is 1120. The van der Waals surface area contributed by atoms with Gasteiger partial charge < -0.3 is 11.1 Å². The van der Waals surface area contributed by atoms with Gasteiger partial charge in [-0.3, -0.25) is 15.5 Å². The van der Waals surface area contributed by atoms with Crippen molar-refractivity contribution in [3.8, 4) is 0 Å². The minimum absolute atomic E-state index is 0.139. The van der Waals surface area contributed by atoms with Gasteiger partial charge >= 0.3 is 0 Å². The molecule has 2 N–H and O–H groups in total. The van der Waals surface area contributed by atoms with Gasteiger partial charge in [0.05, 0.1) is 0 Å². The molecule has 0 fully saturated rings. The number of hydrogen-bond acceptors (Lipinski definition) is 2. The van der Waals surface area contributed by atoms with E-state index in [1.54, 1.807) is 0 Å². The summed E-state index contributed by atoms with van der Waals surface area (Å²) in [6, 6.07) is 0. The molecule has 0 aromatic rings. The zero-order valence-corrected chi connectivity index (χ0v) is 6.51. The molecule has 0 unspecified atom stereocenters. The monoisotopic (exact) mass is 176 g/mol. The maximum absolute atomic E-state index is 9.31. The first kappa shape index (κ1) is 16.2. The van der Waals surface area contributed by atoms with Gasteiger partial charge in [0, 0.05) is 6.92 Å². The summed E-state index contributed by atoms with van der Waals surface area (Å²) in [5.74, 6) is 4.24. The lowest BCUT2D eigenvalue weighted by Gasteiger charge is -1.55. The molecule has 9 heteroatoms. The lowest BCUT2D eigenvalue weighted by atomic mass is 10.9. The first-order valence-corrected chi connectivity index (χ1v) is 2.43. The van der Waals surface area contributed by atoms with E-state index in [1.807, 2.05) is 0 Å². The molecule has 0 bridgehead atoms. The van der Waals surface area contributed by atoms with E-state index >= 15 is 0 Å². The molecule has 0 heterocycles. The molecule has 0 aromatic carbocycles. The number of thiol groups is 1.